The van der Waals surface area contributed by atoms with Crippen molar-refractivity contribution in [2.45, 2.75) is 56.0 Å². The first kappa shape index (κ1) is 19.2. The summed E-state index contributed by atoms with van der Waals surface area (Å²) >= 11 is 7.38. The molecule has 3 rings (SSSR count). The number of amides is 1. The van der Waals surface area contributed by atoms with E-state index in [4.69, 9.17) is 11.6 Å². The van der Waals surface area contributed by atoms with Gasteiger partial charge in [0.2, 0.25) is 5.91 Å². The molecule has 1 saturated carbocycles. The molecule has 1 aromatic heterocycles. The number of thioether (sulfide) groups is 1. The third-order valence-electron chi connectivity index (χ3n) is 5.03. The lowest BCUT2D eigenvalue weighted by atomic mass is 9.86. The fourth-order valence-corrected chi connectivity index (χ4v) is 4.26. The van der Waals surface area contributed by atoms with Gasteiger partial charge in [-0.3, -0.25) is 4.79 Å². The number of aromatic nitrogens is 3. The Morgan fingerprint density at radius 2 is 1.96 bits per heavy atom. The molecule has 1 fully saturated rings. The molecule has 0 unspecified atom stereocenters. The van der Waals surface area contributed by atoms with E-state index in [0.717, 1.165) is 23.0 Å². The number of hydrogen-bond acceptors (Lipinski definition) is 4. The van der Waals surface area contributed by atoms with Gasteiger partial charge in [-0.15, -0.1) is 10.2 Å². The summed E-state index contributed by atoms with van der Waals surface area (Å²) in [6, 6.07) is 7.80. The predicted molar refractivity (Wildman–Crippen MR) is 106 cm³/mol. The van der Waals surface area contributed by atoms with Gasteiger partial charge in [-0.25, -0.2) is 0 Å². The second kappa shape index (κ2) is 8.44. The molecule has 1 amide bonds. The lowest BCUT2D eigenvalue weighted by molar-refractivity contribution is -0.121. The Bertz CT molecular complexity index is 761. The van der Waals surface area contributed by atoms with Crippen molar-refractivity contribution in [2.75, 3.05) is 0 Å². The monoisotopic (exact) mass is 392 g/mol. The third-order valence-corrected chi connectivity index (χ3v) is 6.41. The summed E-state index contributed by atoms with van der Waals surface area (Å²) in [6.07, 6.45) is 4.74. The lowest BCUT2D eigenvalue weighted by Crippen LogP contribution is -2.44. The van der Waals surface area contributed by atoms with Crippen LogP contribution in [0.3, 0.4) is 0 Å². The molecule has 1 N–H and O–H groups in total. The van der Waals surface area contributed by atoms with E-state index in [0.29, 0.717) is 17.0 Å². The third kappa shape index (κ3) is 4.41. The minimum atomic E-state index is -0.218. The maximum absolute atomic E-state index is 12.6. The van der Waals surface area contributed by atoms with Crippen LogP contribution in [0.5, 0.6) is 0 Å². The Morgan fingerprint density at radius 1 is 1.27 bits per heavy atom. The van der Waals surface area contributed by atoms with Crippen molar-refractivity contribution in [2.24, 2.45) is 13.0 Å². The molecule has 7 heteroatoms. The minimum absolute atomic E-state index is 0.0739. The van der Waals surface area contributed by atoms with Gasteiger partial charge >= 0.3 is 0 Å². The average Bonchev–Trinajstić information content (AvgIpc) is 2.98. The van der Waals surface area contributed by atoms with Gasteiger partial charge in [-0.2, -0.15) is 0 Å². The zero-order valence-corrected chi connectivity index (χ0v) is 17.0. The molecule has 0 bridgehead atoms. The number of carbonyl (C=O) groups is 1. The molecule has 5 nitrogen and oxygen atoms in total. The first-order valence-electron chi connectivity index (χ1n) is 9.08. The SMILES string of the molecule is C[C@@H]1CCCC[C@H]1NC(=O)[C@@H](C)Sc1nnc(-c2ccc(Cl)cc2)n1C. The molecule has 2 aromatic rings. The molecule has 140 valence electrons. The number of hydrogen-bond donors (Lipinski definition) is 1. The summed E-state index contributed by atoms with van der Waals surface area (Å²) in [7, 11) is 1.92. The van der Waals surface area contributed by atoms with Crippen LogP contribution in [-0.4, -0.2) is 32.0 Å². The molecule has 0 radical (unpaired) electrons. The van der Waals surface area contributed by atoms with Crippen molar-refractivity contribution in [3.8, 4) is 11.4 Å². The first-order valence-corrected chi connectivity index (χ1v) is 10.3. The largest absolute Gasteiger partial charge is 0.352 e. The molecule has 1 heterocycles. The smallest absolute Gasteiger partial charge is 0.233 e. The summed E-state index contributed by atoms with van der Waals surface area (Å²) in [6.45, 7) is 4.15. The van der Waals surface area contributed by atoms with Crippen LogP contribution in [0, 0.1) is 5.92 Å². The normalized spacial score (nSPS) is 21.4. The molecule has 0 aliphatic heterocycles. The molecule has 0 saturated heterocycles. The summed E-state index contributed by atoms with van der Waals surface area (Å²) < 4.78 is 1.92. The van der Waals surface area contributed by atoms with Crippen LogP contribution in [-0.2, 0) is 11.8 Å². The molecule has 1 aliphatic carbocycles. The van der Waals surface area contributed by atoms with Gasteiger partial charge in [0, 0.05) is 23.7 Å². The van der Waals surface area contributed by atoms with Crippen molar-refractivity contribution in [1.29, 1.82) is 0 Å². The van der Waals surface area contributed by atoms with Crippen LogP contribution in [0.2, 0.25) is 5.02 Å². The van der Waals surface area contributed by atoms with E-state index >= 15 is 0 Å². The summed E-state index contributed by atoms with van der Waals surface area (Å²) in [5, 5.41) is 13.0. The van der Waals surface area contributed by atoms with Crippen molar-refractivity contribution in [3.05, 3.63) is 29.3 Å². The van der Waals surface area contributed by atoms with E-state index in [1.165, 1.54) is 31.0 Å². The Morgan fingerprint density at radius 3 is 2.65 bits per heavy atom. The van der Waals surface area contributed by atoms with Crippen LogP contribution in [0.1, 0.15) is 39.5 Å². The number of nitrogens with one attached hydrogen (secondary N) is 1. The van der Waals surface area contributed by atoms with Crippen molar-refractivity contribution >= 4 is 29.3 Å². The fourth-order valence-electron chi connectivity index (χ4n) is 3.31. The van der Waals surface area contributed by atoms with E-state index in [1.54, 1.807) is 0 Å². The van der Waals surface area contributed by atoms with Crippen LogP contribution in [0.25, 0.3) is 11.4 Å². The summed E-state index contributed by atoms with van der Waals surface area (Å²) in [4.78, 5) is 12.6. The standard InChI is InChI=1S/C19H25ClN4OS/c1-12-6-4-5-7-16(12)21-18(25)13(2)26-19-23-22-17(24(19)3)14-8-10-15(20)11-9-14/h8-13,16H,4-7H2,1-3H3,(H,21,25)/t12-,13-,16-/m1/s1. The fraction of sp³-hybridized carbons (Fsp3) is 0.526. The quantitative estimate of drug-likeness (QED) is 0.770. The van der Waals surface area contributed by atoms with Gasteiger partial charge < -0.3 is 9.88 Å². The van der Waals surface area contributed by atoms with Gasteiger partial charge in [-0.05, 0) is 49.9 Å². The molecule has 26 heavy (non-hydrogen) atoms. The van der Waals surface area contributed by atoms with E-state index in [-0.39, 0.29) is 11.2 Å². The highest BCUT2D eigenvalue weighted by molar-refractivity contribution is 8.00. The summed E-state index contributed by atoms with van der Waals surface area (Å²) in [5.74, 6) is 1.39. The minimum Gasteiger partial charge on any atom is -0.352 e. The van der Waals surface area contributed by atoms with Gasteiger partial charge in [0.1, 0.15) is 0 Å². The van der Waals surface area contributed by atoms with Crippen LogP contribution < -0.4 is 5.32 Å². The Labute approximate surface area is 163 Å². The van der Waals surface area contributed by atoms with Crippen LogP contribution in [0.4, 0.5) is 0 Å². The maximum Gasteiger partial charge on any atom is 0.233 e. The molecule has 1 aromatic carbocycles. The Balaban J connectivity index is 1.65. The molecular formula is C19H25ClN4OS. The molecule has 3 atom stereocenters. The zero-order chi connectivity index (χ0) is 18.7. The van der Waals surface area contributed by atoms with E-state index in [1.807, 2.05) is 42.8 Å². The second-order valence-corrected chi connectivity index (χ2v) is 8.75. The number of carbonyl (C=O) groups excluding carboxylic acids is 1. The zero-order valence-electron chi connectivity index (χ0n) is 15.4. The lowest BCUT2D eigenvalue weighted by Gasteiger charge is -2.30. The van der Waals surface area contributed by atoms with Crippen LogP contribution >= 0.6 is 23.4 Å². The van der Waals surface area contributed by atoms with Crippen molar-refractivity contribution in [1.82, 2.24) is 20.1 Å². The van der Waals surface area contributed by atoms with E-state index in [9.17, 15) is 4.79 Å². The van der Waals surface area contributed by atoms with Gasteiger partial charge in [0.25, 0.3) is 0 Å². The van der Waals surface area contributed by atoms with E-state index in [2.05, 4.69) is 22.4 Å². The van der Waals surface area contributed by atoms with Crippen LogP contribution in [0.15, 0.2) is 29.4 Å². The number of rotatable bonds is 5. The van der Waals surface area contributed by atoms with Crippen molar-refractivity contribution in [3.63, 3.8) is 0 Å². The predicted octanol–water partition coefficient (Wildman–Crippen LogP) is 4.31. The Kier molecular flexibility index (Phi) is 6.24. The topological polar surface area (TPSA) is 59.8 Å². The van der Waals surface area contributed by atoms with Crippen molar-refractivity contribution < 1.29 is 4.79 Å². The Hall–Kier alpha value is -1.53. The highest BCUT2D eigenvalue weighted by Crippen LogP contribution is 2.28. The molecule has 1 aliphatic rings. The molecule has 0 spiro atoms. The average molecular weight is 393 g/mol. The number of halogens is 1. The van der Waals surface area contributed by atoms with Gasteiger partial charge in [0.05, 0.1) is 5.25 Å². The molecular weight excluding hydrogens is 368 g/mol. The first-order chi connectivity index (χ1) is 12.5. The summed E-state index contributed by atoms with van der Waals surface area (Å²) in [5.41, 5.74) is 0.949. The highest BCUT2D eigenvalue weighted by Gasteiger charge is 2.26. The van der Waals surface area contributed by atoms with E-state index < -0.39 is 0 Å². The number of nitrogens with zero attached hydrogens (tertiary/aromatic N) is 3. The second-order valence-electron chi connectivity index (χ2n) is 7.01. The highest BCUT2D eigenvalue weighted by atomic mass is 35.5. The number of benzene rings is 1. The van der Waals surface area contributed by atoms with Gasteiger partial charge in [-0.1, -0.05) is 43.1 Å². The van der Waals surface area contributed by atoms with Gasteiger partial charge in [0.15, 0.2) is 11.0 Å². The maximum atomic E-state index is 12.6.